The summed E-state index contributed by atoms with van der Waals surface area (Å²) in [5.74, 6) is 2.01. The van der Waals surface area contributed by atoms with Crippen molar-refractivity contribution in [3.05, 3.63) is 48.0 Å². The average molecular weight is 285 g/mol. The second-order valence-electron chi connectivity index (χ2n) is 3.96. The van der Waals surface area contributed by atoms with E-state index < -0.39 is 0 Å². The number of imidazole rings is 1. The minimum Gasteiger partial charge on any atom is -0.508 e. The van der Waals surface area contributed by atoms with Gasteiger partial charge in [0.05, 0.1) is 0 Å². The van der Waals surface area contributed by atoms with Crippen molar-refractivity contribution >= 4 is 25.0 Å². The molecule has 18 heavy (non-hydrogen) atoms. The fraction of sp³-hybridized carbons (Fsp3) is 0.308. The van der Waals surface area contributed by atoms with Gasteiger partial charge in [0.15, 0.2) is 0 Å². The standard InChI is InChI=1S/C13H16N2OS.ClH/c16-12-5-3-11(4-6-12)2-1-8-15-9-7-14-13(15)10-17;/h3-7,9,16-17H,1-2,8,10H2;1H. The summed E-state index contributed by atoms with van der Waals surface area (Å²) in [5.41, 5.74) is 1.25. The van der Waals surface area contributed by atoms with Crippen molar-refractivity contribution in [2.75, 3.05) is 0 Å². The number of rotatable bonds is 5. The molecule has 0 saturated carbocycles. The quantitative estimate of drug-likeness (QED) is 0.828. The summed E-state index contributed by atoms with van der Waals surface area (Å²) in [6.07, 6.45) is 5.86. The molecule has 0 aliphatic rings. The fourth-order valence-corrected chi connectivity index (χ4v) is 2.07. The van der Waals surface area contributed by atoms with Gasteiger partial charge in [-0.15, -0.1) is 12.4 Å². The fourth-order valence-electron chi connectivity index (χ4n) is 1.81. The van der Waals surface area contributed by atoms with Gasteiger partial charge in [-0.2, -0.15) is 12.6 Å². The lowest BCUT2D eigenvalue weighted by atomic mass is 10.1. The molecule has 0 spiro atoms. The Hall–Kier alpha value is -1.13. The molecule has 1 N–H and O–H groups in total. The lowest BCUT2D eigenvalue weighted by Gasteiger charge is -2.06. The molecule has 1 heterocycles. The van der Waals surface area contributed by atoms with E-state index in [0.717, 1.165) is 25.2 Å². The minimum absolute atomic E-state index is 0. The Morgan fingerprint density at radius 2 is 1.94 bits per heavy atom. The van der Waals surface area contributed by atoms with Crippen LogP contribution in [0.5, 0.6) is 5.75 Å². The molecular weight excluding hydrogens is 268 g/mol. The van der Waals surface area contributed by atoms with Gasteiger partial charge < -0.3 is 9.67 Å². The molecule has 0 bridgehead atoms. The van der Waals surface area contributed by atoms with Crippen molar-refractivity contribution in [1.82, 2.24) is 9.55 Å². The van der Waals surface area contributed by atoms with Gasteiger partial charge in [0.1, 0.15) is 11.6 Å². The molecule has 0 aliphatic heterocycles. The van der Waals surface area contributed by atoms with Crippen LogP contribution in [0.25, 0.3) is 0 Å². The van der Waals surface area contributed by atoms with E-state index in [2.05, 4.69) is 22.2 Å². The van der Waals surface area contributed by atoms with Crippen molar-refractivity contribution in [2.24, 2.45) is 0 Å². The Balaban J connectivity index is 0.00000162. The van der Waals surface area contributed by atoms with Gasteiger partial charge in [-0.3, -0.25) is 0 Å². The van der Waals surface area contributed by atoms with Gasteiger partial charge in [0, 0.05) is 24.7 Å². The molecule has 98 valence electrons. The van der Waals surface area contributed by atoms with E-state index in [1.807, 2.05) is 24.5 Å². The number of benzene rings is 1. The lowest BCUT2D eigenvalue weighted by Crippen LogP contribution is -2.02. The molecule has 0 fully saturated rings. The maximum atomic E-state index is 9.18. The number of aromatic hydroxyl groups is 1. The topological polar surface area (TPSA) is 38.0 Å². The number of phenols is 1. The zero-order chi connectivity index (χ0) is 12.1. The number of halogens is 1. The number of hydrogen-bond donors (Lipinski definition) is 2. The average Bonchev–Trinajstić information content (AvgIpc) is 2.79. The highest BCUT2D eigenvalue weighted by Crippen LogP contribution is 2.12. The smallest absolute Gasteiger partial charge is 0.118 e. The molecule has 0 unspecified atom stereocenters. The largest absolute Gasteiger partial charge is 0.508 e. The van der Waals surface area contributed by atoms with Crippen molar-refractivity contribution in [1.29, 1.82) is 0 Å². The van der Waals surface area contributed by atoms with Gasteiger partial charge in [-0.25, -0.2) is 4.98 Å². The molecule has 0 atom stereocenters. The first-order chi connectivity index (χ1) is 8.29. The molecule has 2 aromatic rings. The molecule has 1 aromatic heterocycles. The predicted octanol–water partition coefficient (Wildman–Crippen LogP) is 3.07. The third kappa shape index (κ3) is 3.96. The number of nitrogens with zero attached hydrogens (tertiary/aromatic N) is 2. The molecule has 0 radical (unpaired) electrons. The van der Waals surface area contributed by atoms with Gasteiger partial charge in [-0.05, 0) is 30.5 Å². The van der Waals surface area contributed by atoms with Crippen LogP contribution in [-0.2, 0) is 18.7 Å². The summed E-state index contributed by atoms with van der Waals surface area (Å²) in [6.45, 7) is 0.955. The van der Waals surface area contributed by atoms with Crippen LogP contribution in [0, 0.1) is 0 Å². The van der Waals surface area contributed by atoms with Crippen LogP contribution in [0.4, 0.5) is 0 Å². The molecule has 5 heteroatoms. The van der Waals surface area contributed by atoms with Crippen LogP contribution in [0.3, 0.4) is 0 Å². The Bertz CT molecular complexity index is 470. The maximum Gasteiger partial charge on any atom is 0.118 e. The normalized spacial score (nSPS) is 10.1. The number of aromatic nitrogens is 2. The molecule has 3 nitrogen and oxygen atoms in total. The Labute approximate surface area is 119 Å². The Kier molecular flexibility index (Phi) is 6.09. The first kappa shape index (κ1) is 14.9. The highest BCUT2D eigenvalue weighted by Gasteiger charge is 2.00. The van der Waals surface area contributed by atoms with Crippen molar-refractivity contribution in [3.8, 4) is 5.75 Å². The highest BCUT2D eigenvalue weighted by molar-refractivity contribution is 7.79. The summed E-state index contributed by atoms with van der Waals surface area (Å²) in [4.78, 5) is 4.23. The first-order valence-electron chi connectivity index (χ1n) is 5.68. The predicted molar refractivity (Wildman–Crippen MR) is 78.6 cm³/mol. The van der Waals surface area contributed by atoms with Crippen molar-refractivity contribution in [3.63, 3.8) is 0 Å². The van der Waals surface area contributed by atoms with Gasteiger partial charge in [0.25, 0.3) is 0 Å². The van der Waals surface area contributed by atoms with E-state index in [1.165, 1.54) is 5.56 Å². The van der Waals surface area contributed by atoms with Crippen LogP contribution in [-0.4, -0.2) is 14.7 Å². The summed E-state index contributed by atoms with van der Waals surface area (Å²) in [6, 6.07) is 7.38. The number of thiol groups is 1. The molecule has 0 aliphatic carbocycles. The molecular formula is C13H17ClN2OS. The van der Waals surface area contributed by atoms with Crippen molar-refractivity contribution in [2.45, 2.75) is 25.1 Å². The van der Waals surface area contributed by atoms with E-state index >= 15 is 0 Å². The lowest BCUT2D eigenvalue weighted by molar-refractivity contribution is 0.475. The van der Waals surface area contributed by atoms with Gasteiger partial charge in [0.2, 0.25) is 0 Å². The zero-order valence-corrected chi connectivity index (χ0v) is 11.7. The Morgan fingerprint density at radius 3 is 2.61 bits per heavy atom. The third-order valence-electron chi connectivity index (χ3n) is 2.74. The number of hydrogen-bond acceptors (Lipinski definition) is 3. The minimum atomic E-state index is 0. The van der Waals surface area contributed by atoms with E-state index in [9.17, 15) is 5.11 Å². The molecule has 0 amide bonds. The maximum absolute atomic E-state index is 9.18. The van der Waals surface area contributed by atoms with E-state index in [-0.39, 0.29) is 12.4 Å². The number of aryl methyl sites for hydroxylation is 2. The summed E-state index contributed by atoms with van der Waals surface area (Å²) < 4.78 is 2.13. The van der Waals surface area contributed by atoms with Crippen LogP contribution >= 0.6 is 25.0 Å². The first-order valence-corrected chi connectivity index (χ1v) is 6.31. The third-order valence-corrected chi connectivity index (χ3v) is 3.03. The van der Waals surface area contributed by atoms with Gasteiger partial charge >= 0.3 is 0 Å². The van der Waals surface area contributed by atoms with E-state index in [0.29, 0.717) is 11.5 Å². The highest BCUT2D eigenvalue weighted by atomic mass is 35.5. The van der Waals surface area contributed by atoms with Crippen LogP contribution < -0.4 is 0 Å². The van der Waals surface area contributed by atoms with Crippen LogP contribution in [0.2, 0.25) is 0 Å². The van der Waals surface area contributed by atoms with Gasteiger partial charge in [-0.1, -0.05) is 12.1 Å². The zero-order valence-electron chi connectivity index (χ0n) is 9.99. The monoisotopic (exact) mass is 284 g/mol. The molecule has 0 saturated heterocycles. The van der Waals surface area contributed by atoms with Crippen LogP contribution in [0.1, 0.15) is 17.8 Å². The molecule has 2 rings (SSSR count). The Morgan fingerprint density at radius 1 is 1.22 bits per heavy atom. The second kappa shape index (κ2) is 7.34. The van der Waals surface area contributed by atoms with E-state index in [1.54, 1.807) is 12.1 Å². The van der Waals surface area contributed by atoms with Crippen LogP contribution in [0.15, 0.2) is 36.7 Å². The summed E-state index contributed by atoms with van der Waals surface area (Å²) in [5, 5.41) is 9.18. The van der Waals surface area contributed by atoms with Crippen molar-refractivity contribution < 1.29 is 5.11 Å². The molecule has 1 aromatic carbocycles. The number of phenolic OH excluding ortho intramolecular Hbond substituents is 1. The summed E-state index contributed by atoms with van der Waals surface area (Å²) >= 11 is 4.24. The SMILES string of the molecule is Cl.Oc1ccc(CCCn2ccnc2CS)cc1. The second-order valence-corrected chi connectivity index (χ2v) is 4.28. The van der Waals surface area contributed by atoms with E-state index in [4.69, 9.17) is 0 Å². The summed E-state index contributed by atoms with van der Waals surface area (Å²) in [7, 11) is 0.